The van der Waals surface area contributed by atoms with Gasteiger partial charge in [0.1, 0.15) is 0 Å². The van der Waals surface area contributed by atoms with Crippen molar-refractivity contribution in [2.45, 2.75) is 135 Å². The predicted molar refractivity (Wildman–Crippen MR) is 133 cm³/mol. The quantitative estimate of drug-likeness (QED) is 0.132. The average molecular weight is 419 g/mol. The number of rotatable bonds is 23. The second kappa shape index (κ2) is 25.7. The van der Waals surface area contributed by atoms with E-state index in [1.54, 1.807) is 0 Å². The van der Waals surface area contributed by atoms with Crippen LogP contribution in [-0.2, 0) is 4.79 Å². The fraction of sp³-hybridized carbons (Fsp3) is 0.750. The molecule has 0 radical (unpaired) electrons. The van der Waals surface area contributed by atoms with Crippen molar-refractivity contribution in [3.05, 3.63) is 36.5 Å². The van der Waals surface area contributed by atoms with Crippen LogP contribution >= 0.6 is 0 Å². The Morgan fingerprint density at radius 3 is 1.33 bits per heavy atom. The van der Waals surface area contributed by atoms with Gasteiger partial charge in [-0.15, -0.1) is 0 Å². The maximum Gasteiger partial charge on any atom is 0.303 e. The Morgan fingerprint density at radius 1 is 0.533 bits per heavy atom. The van der Waals surface area contributed by atoms with Gasteiger partial charge in [0.05, 0.1) is 0 Å². The molecule has 30 heavy (non-hydrogen) atoms. The molecular formula is C28H50O2. The molecule has 0 bridgehead atoms. The van der Waals surface area contributed by atoms with E-state index < -0.39 is 5.97 Å². The van der Waals surface area contributed by atoms with Gasteiger partial charge in [0.25, 0.3) is 0 Å². The zero-order chi connectivity index (χ0) is 22.0. The number of hydrogen-bond donors (Lipinski definition) is 1. The molecule has 174 valence electrons. The van der Waals surface area contributed by atoms with Crippen LogP contribution in [0.1, 0.15) is 135 Å². The van der Waals surface area contributed by atoms with E-state index in [4.69, 9.17) is 5.11 Å². The Morgan fingerprint density at radius 2 is 0.900 bits per heavy atom. The number of aliphatic carboxylic acids is 1. The lowest BCUT2D eigenvalue weighted by Gasteiger charge is -2.00. The molecule has 0 aliphatic rings. The summed E-state index contributed by atoms with van der Waals surface area (Å²) in [4.78, 5) is 10.4. The molecule has 1 N–H and O–H groups in total. The number of allylic oxidation sites excluding steroid dienone is 6. The lowest BCUT2D eigenvalue weighted by molar-refractivity contribution is -0.137. The Hall–Kier alpha value is -1.31. The van der Waals surface area contributed by atoms with Crippen molar-refractivity contribution >= 4 is 5.97 Å². The molecule has 0 unspecified atom stereocenters. The average Bonchev–Trinajstić information content (AvgIpc) is 2.73. The van der Waals surface area contributed by atoms with Crippen molar-refractivity contribution in [2.75, 3.05) is 0 Å². The Labute approximate surface area is 187 Å². The molecule has 0 aliphatic heterocycles. The molecule has 0 rings (SSSR count). The minimum absolute atomic E-state index is 0.331. The summed E-state index contributed by atoms with van der Waals surface area (Å²) in [6.45, 7) is 2.28. The summed E-state index contributed by atoms with van der Waals surface area (Å²) in [7, 11) is 0. The van der Waals surface area contributed by atoms with E-state index in [0.717, 1.165) is 25.7 Å². The highest BCUT2D eigenvalue weighted by Gasteiger charge is 1.96. The fourth-order valence-corrected chi connectivity index (χ4v) is 3.60. The van der Waals surface area contributed by atoms with Gasteiger partial charge in [-0.05, 0) is 44.9 Å². The molecule has 0 heterocycles. The van der Waals surface area contributed by atoms with Gasteiger partial charge in [-0.25, -0.2) is 0 Å². The summed E-state index contributed by atoms with van der Waals surface area (Å²) >= 11 is 0. The van der Waals surface area contributed by atoms with Crippen molar-refractivity contribution in [2.24, 2.45) is 0 Å². The van der Waals surface area contributed by atoms with Crippen LogP contribution in [-0.4, -0.2) is 11.1 Å². The molecule has 0 aromatic carbocycles. The van der Waals surface area contributed by atoms with E-state index in [-0.39, 0.29) is 0 Å². The maximum atomic E-state index is 10.4. The smallest absolute Gasteiger partial charge is 0.303 e. The Bertz CT molecular complexity index is 434. The van der Waals surface area contributed by atoms with E-state index in [1.807, 2.05) is 0 Å². The normalized spacial score (nSPS) is 12.0. The first-order valence-electron chi connectivity index (χ1n) is 12.9. The van der Waals surface area contributed by atoms with Crippen LogP contribution in [0, 0.1) is 0 Å². The van der Waals surface area contributed by atoms with Gasteiger partial charge in [-0.1, -0.05) is 120 Å². The van der Waals surface area contributed by atoms with Crippen molar-refractivity contribution in [3.63, 3.8) is 0 Å². The van der Waals surface area contributed by atoms with E-state index >= 15 is 0 Å². The maximum absolute atomic E-state index is 10.4. The van der Waals surface area contributed by atoms with Crippen molar-refractivity contribution in [1.82, 2.24) is 0 Å². The number of hydrogen-bond acceptors (Lipinski definition) is 1. The summed E-state index contributed by atoms with van der Waals surface area (Å²) < 4.78 is 0. The van der Waals surface area contributed by atoms with Gasteiger partial charge in [-0.2, -0.15) is 0 Å². The third kappa shape index (κ3) is 26.7. The Balaban J connectivity index is 3.25. The topological polar surface area (TPSA) is 37.3 Å². The largest absolute Gasteiger partial charge is 0.481 e. The highest BCUT2D eigenvalue weighted by atomic mass is 16.4. The lowest BCUT2D eigenvalue weighted by Crippen LogP contribution is -1.93. The third-order valence-corrected chi connectivity index (χ3v) is 5.53. The van der Waals surface area contributed by atoms with Crippen LogP contribution in [0.5, 0.6) is 0 Å². The fourth-order valence-electron chi connectivity index (χ4n) is 3.60. The minimum atomic E-state index is -0.663. The molecular weight excluding hydrogens is 368 g/mol. The van der Waals surface area contributed by atoms with Gasteiger partial charge in [0, 0.05) is 6.42 Å². The number of carbonyl (C=O) groups is 1. The van der Waals surface area contributed by atoms with Crippen molar-refractivity contribution in [1.29, 1.82) is 0 Å². The second-order valence-electron chi connectivity index (χ2n) is 8.56. The van der Waals surface area contributed by atoms with Crippen LogP contribution in [0.25, 0.3) is 0 Å². The molecule has 0 amide bonds. The molecule has 0 aromatic rings. The summed E-state index contributed by atoms with van der Waals surface area (Å²) in [5.74, 6) is -0.663. The van der Waals surface area contributed by atoms with E-state index in [9.17, 15) is 4.79 Å². The lowest BCUT2D eigenvalue weighted by atomic mass is 10.1. The number of unbranched alkanes of at least 4 members (excludes halogenated alkanes) is 15. The van der Waals surface area contributed by atoms with Crippen LogP contribution in [0.15, 0.2) is 36.5 Å². The van der Waals surface area contributed by atoms with Gasteiger partial charge in [0.2, 0.25) is 0 Å². The first-order valence-corrected chi connectivity index (χ1v) is 12.9. The van der Waals surface area contributed by atoms with Crippen molar-refractivity contribution in [3.8, 4) is 0 Å². The molecule has 2 heteroatoms. The summed E-state index contributed by atoms with van der Waals surface area (Å²) in [6.07, 6.45) is 38.1. The van der Waals surface area contributed by atoms with Crippen LogP contribution < -0.4 is 0 Å². The van der Waals surface area contributed by atoms with Crippen molar-refractivity contribution < 1.29 is 9.90 Å². The molecule has 0 atom stereocenters. The van der Waals surface area contributed by atoms with Gasteiger partial charge in [-0.3, -0.25) is 4.79 Å². The zero-order valence-corrected chi connectivity index (χ0v) is 20.0. The van der Waals surface area contributed by atoms with Crippen LogP contribution in [0.3, 0.4) is 0 Å². The second-order valence-corrected chi connectivity index (χ2v) is 8.56. The molecule has 0 aliphatic carbocycles. The van der Waals surface area contributed by atoms with Gasteiger partial charge < -0.3 is 5.11 Å². The van der Waals surface area contributed by atoms with Crippen LogP contribution in [0.2, 0.25) is 0 Å². The molecule has 0 spiro atoms. The molecule has 2 nitrogen and oxygen atoms in total. The van der Waals surface area contributed by atoms with E-state index in [1.165, 1.54) is 96.3 Å². The van der Waals surface area contributed by atoms with E-state index in [2.05, 4.69) is 43.4 Å². The molecule has 0 aromatic heterocycles. The monoisotopic (exact) mass is 418 g/mol. The molecule has 0 saturated heterocycles. The summed E-state index contributed by atoms with van der Waals surface area (Å²) in [5.41, 5.74) is 0. The number of carboxylic acids is 1. The Kier molecular flexibility index (Phi) is 24.6. The standard InChI is InChI=1S/C28H50O2/c1-2-3-4-5-6-7-8-9-10-11-12-13-14-15-16-17-18-19-20-21-22-23-24-25-26-27-28(29)30/h10-11,13-14,16-17H,2-9,12,15,18-27H2,1H3,(H,29,30). The van der Waals surface area contributed by atoms with Gasteiger partial charge >= 0.3 is 5.97 Å². The summed E-state index contributed by atoms with van der Waals surface area (Å²) in [5, 5.41) is 8.58. The first kappa shape index (κ1) is 28.7. The summed E-state index contributed by atoms with van der Waals surface area (Å²) in [6, 6.07) is 0. The number of carboxylic acid groups (broad SMARTS) is 1. The molecule has 0 fully saturated rings. The SMILES string of the molecule is CCCCCCCCCC=CCC=CCC=CCCCCCCCCCCC(=O)O. The predicted octanol–water partition coefficient (Wildman–Crippen LogP) is 9.56. The molecule has 0 saturated carbocycles. The first-order chi connectivity index (χ1) is 14.8. The highest BCUT2D eigenvalue weighted by Crippen LogP contribution is 2.11. The third-order valence-electron chi connectivity index (χ3n) is 5.53. The van der Waals surface area contributed by atoms with E-state index in [0.29, 0.717) is 6.42 Å². The van der Waals surface area contributed by atoms with Crippen LogP contribution in [0.4, 0.5) is 0 Å². The minimum Gasteiger partial charge on any atom is -0.481 e. The zero-order valence-electron chi connectivity index (χ0n) is 20.0. The van der Waals surface area contributed by atoms with Gasteiger partial charge in [0.15, 0.2) is 0 Å². The highest BCUT2D eigenvalue weighted by molar-refractivity contribution is 5.66.